The van der Waals surface area contributed by atoms with Gasteiger partial charge in [-0.1, -0.05) is 19.1 Å². The first-order valence-corrected chi connectivity index (χ1v) is 8.21. The van der Waals surface area contributed by atoms with E-state index in [1.165, 1.54) is 10.9 Å². The van der Waals surface area contributed by atoms with E-state index in [1.807, 2.05) is 30.3 Å². The van der Waals surface area contributed by atoms with Crippen LogP contribution in [-0.4, -0.2) is 13.6 Å². The first kappa shape index (κ1) is 15.5. The number of thiophene rings is 1. The Hall–Kier alpha value is -0.910. The molecule has 0 spiro atoms. The highest BCUT2D eigenvalue weighted by Gasteiger charge is 2.13. The van der Waals surface area contributed by atoms with Gasteiger partial charge < -0.3 is 10.2 Å². The summed E-state index contributed by atoms with van der Waals surface area (Å²) in [7, 11) is 1.93. The molecule has 0 fully saturated rings. The van der Waals surface area contributed by atoms with Gasteiger partial charge in [-0.25, -0.2) is 4.39 Å². The summed E-state index contributed by atoms with van der Waals surface area (Å²) in [6.45, 7) is 4.31. The van der Waals surface area contributed by atoms with Crippen LogP contribution < -0.4 is 10.2 Å². The molecule has 0 saturated carbocycles. The number of nitrogens with zero attached hydrogens (tertiary/aromatic N) is 1. The second-order valence-corrected chi connectivity index (χ2v) is 6.53. The van der Waals surface area contributed by atoms with E-state index in [4.69, 9.17) is 0 Å². The van der Waals surface area contributed by atoms with E-state index in [1.54, 1.807) is 17.4 Å². The zero-order valence-corrected chi connectivity index (χ0v) is 14.0. The molecule has 0 radical (unpaired) electrons. The molecule has 0 aliphatic rings. The van der Waals surface area contributed by atoms with Crippen molar-refractivity contribution < 1.29 is 4.39 Å². The summed E-state index contributed by atoms with van der Waals surface area (Å²) in [4.78, 5) is 3.18. The largest absolute Gasteiger partial charge is 0.367 e. The number of anilines is 1. The Bertz CT molecular complexity index is 571. The smallest absolute Gasteiger partial charge is 0.146 e. The lowest BCUT2D eigenvalue weighted by Crippen LogP contribution is -2.21. The summed E-state index contributed by atoms with van der Waals surface area (Å²) in [5.41, 5.74) is 1.67. The fourth-order valence-corrected chi connectivity index (χ4v) is 3.64. The van der Waals surface area contributed by atoms with E-state index in [-0.39, 0.29) is 5.82 Å². The number of halogens is 2. The molecule has 0 bridgehead atoms. The van der Waals surface area contributed by atoms with E-state index in [2.05, 4.69) is 27.3 Å². The zero-order chi connectivity index (χ0) is 14.5. The summed E-state index contributed by atoms with van der Waals surface area (Å²) >= 11 is 5.12. The third-order valence-corrected chi connectivity index (χ3v) is 4.71. The van der Waals surface area contributed by atoms with E-state index in [9.17, 15) is 4.39 Å². The minimum absolute atomic E-state index is 0.168. The summed E-state index contributed by atoms with van der Waals surface area (Å²) in [6, 6.07) is 7.33. The number of rotatable bonds is 6. The lowest BCUT2D eigenvalue weighted by Gasteiger charge is -2.22. The van der Waals surface area contributed by atoms with Crippen LogP contribution in [0.5, 0.6) is 0 Å². The van der Waals surface area contributed by atoms with Gasteiger partial charge in [-0.15, -0.1) is 11.3 Å². The quantitative estimate of drug-likeness (QED) is 0.825. The van der Waals surface area contributed by atoms with E-state index >= 15 is 0 Å². The van der Waals surface area contributed by atoms with Crippen molar-refractivity contribution in [1.82, 2.24) is 5.32 Å². The van der Waals surface area contributed by atoms with Gasteiger partial charge in [0.15, 0.2) is 0 Å². The van der Waals surface area contributed by atoms with Crippen molar-refractivity contribution in [3.8, 4) is 0 Å². The van der Waals surface area contributed by atoms with Crippen LogP contribution in [-0.2, 0) is 13.1 Å². The summed E-state index contributed by atoms with van der Waals surface area (Å²) in [5, 5.41) is 5.30. The first-order chi connectivity index (χ1) is 9.61. The summed E-state index contributed by atoms with van der Waals surface area (Å²) < 4.78 is 15.2. The molecule has 1 N–H and O–H groups in total. The predicted molar refractivity (Wildman–Crippen MR) is 87.9 cm³/mol. The topological polar surface area (TPSA) is 15.3 Å². The molecule has 2 aromatic rings. The standard InChI is InChI=1S/C15H18BrFN2S/c1-3-18-8-11-5-4-6-14(17)15(11)19(2)9-13-7-12(16)10-20-13/h4-7,10,18H,3,8-9H2,1-2H3. The molecule has 1 aromatic carbocycles. The van der Waals surface area contributed by atoms with E-state index in [0.29, 0.717) is 18.8 Å². The van der Waals surface area contributed by atoms with Gasteiger partial charge in [0.05, 0.1) is 12.2 Å². The Morgan fingerprint density at radius 1 is 1.40 bits per heavy atom. The Labute approximate surface area is 131 Å². The molecule has 0 saturated heterocycles. The number of hydrogen-bond donors (Lipinski definition) is 1. The molecule has 0 amide bonds. The highest BCUT2D eigenvalue weighted by molar-refractivity contribution is 9.10. The second-order valence-electron chi connectivity index (χ2n) is 4.62. The monoisotopic (exact) mass is 356 g/mol. The van der Waals surface area contributed by atoms with Gasteiger partial charge in [0, 0.05) is 28.3 Å². The molecular weight excluding hydrogens is 339 g/mol. The first-order valence-electron chi connectivity index (χ1n) is 6.54. The predicted octanol–water partition coefficient (Wildman–Crippen LogP) is 4.40. The van der Waals surface area contributed by atoms with Crippen molar-refractivity contribution in [3.05, 3.63) is 50.4 Å². The average Bonchev–Trinajstić information content (AvgIpc) is 2.81. The van der Waals surface area contributed by atoms with Crippen LogP contribution in [0.2, 0.25) is 0 Å². The Balaban J connectivity index is 2.21. The average molecular weight is 357 g/mol. The number of para-hydroxylation sites is 1. The SMILES string of the molecule is CCNCc1cccc(F)c1N(C)Cc1cc(Br)cs1. The summed E-state index contributed by atoms with van der Waals surface area (Å²) in [6.07, 6.45) is 0. The van der Waals surface area contributed by atoms with Crippen molar-refractivity contribution in [2.75, 3.05) is 18.5 Å². The maximum absolute atomic E-state index is 14.2. The van der Waals surface area contributed by atoms with Crippen molar-refractivity contribution in [2.45, 2.75) is 20.0 Å². The Morgan fingerprint density at radius 2 is 2.20 bits per heavy atom. The molecule has 1 aromatic heterocycles. The van der Waals surface area contributed by atoms with Crippen LogP contribution in [0.1, 0.15) is 17.4 Å². The van der Waals surface area contributed by atoms with Gasteiger partial charge in [-0.2, -0.15) is 0 Å². The highest BCUT2D eigenvalue weighted by Crippen LogP contribution is 2.27. The van der Waals surface area contributed by atoms with Gasteiger partial charge in [-0.05, 0) is 40.2 Å². The van der Waals surface area contributed by atoms with Crippen LogP contribution in [0.4, 0.5) is 10.1 Å². The molecular formula is C15H18BrFN2S. The lowest BCUT2D eigenvalue weighted by atomic mass is 10.1. The minimum Gasteiger partial charge on any atom is -0.367 e. The van der Waals surface area contributed by atoms with Crippen molar-refractivity contribution in [1.29, 1.82) is 0 Å². The van der Waals surface area contributed by atoms with Crippen LogP contribution in [0, 0.1) is 5.82 Å². The van der Waals surface area contributed by atoms with Crippen LogP contribution in [0.15, 0.2) is 34.1 Å². The van der Waals surface area contributed by atoms with Crippen molar-refractivity contribution >= 4 is 33.0 Å². The maximum atomic E-state index is 14.2. The molecule has 0 aliphatic heterocycles. The molecule has 20 heavy (non-hydrogen) atoms. The highest BCUT2D eigenvalue weighted by atomic mass is 79.9. The van der Waals surface area contributed by atoms with Crippen molar-refractivity contribution in [2.24, 2.45) is 0 Å². The summed E-state index contributed by atoms with van der Waals surface area (Å²) in [5.74, 6) is -0.168. The van der Waals surface area contributed by atoms with Crippen molar-refractivity contribution in [3.63, 3.8) is 0 Å². The van der Waals surface area contributed by atoms with Gasteiger partial charge in [-0.3, -0.25) is 0 Å². The Morgan fingerprint density at radius 3 is 2.85 bits per heavy atom. The lowest BCUT2D eigenvalue weighted by molar-refractivity contribution is 0.616. The van der Waals surface area contributed by atoms with Crippen LogP contribution >= 0.6 is 27.3 Å². The molecule has 108 valence electrons. The van der Waals surface area contributed by atoms with Gasteiger partial charge in [0.1, 0.15) is 5.82 Å². The molecule has 0 aliphatic carbocycles. The van der Waals surface area contributed by atoms with Crippen LogP contribution in [0.3, 0.4) is 0 Å². The molecule has 0 unspecified atom stereocenters. The number of benzene rings is 1. The molecule has 1 heterocycles. The fraction of sp³-hybridized carbons (Fsp3) is 0.333. The van der Waals surface area contributed by atoms with E-state index < -0.39 is 0 Å². The van der Waals surface area contributed by atoms with Crippen LogP contribution in [0.25, 0.3) is 0 Å². The second kappa shape index (κ2) is 7.20. The van der Waals surface area contributed by atoms with Gasteiger partial charge >= 0.3 is 0 Å². The Kier molecular flexibility index (Phi) is 5.57. The van der Waals surface area contributed by atoms with Gasteiger partial charge in [0.25, 0.3) is 0 Å². The number of hydrogen-bond acceptors (Lipinski definition) is 3. The normalized spacial score (nSPS) is 10.8. The fourth-order valence-electron chi connectivity index (χ4n) is 2.14. The minimum atomic E-state index is -0.168. The third-order valence-electron chi connectivity index (χ3n) is 3.03. The molecule has 2 nitrogen and oxygen atoms in total. The zero-order valence-electron chi connectivity index (χ0n) is 11.6. The van der Waals surface area contributed by atoms with Gasteiger partial charge in [0.2, 0.25) is 0 Å². The molecule has 0 atom stereocenters. The third kappa shape index (κ3) is 3.81. The maximum Gasteiger partial charge on any atom is 0.146 e. The molecule has 5 heteroatoms. The molecule has 2 rings (SSSR count). The van der Waals surface area contributed by atoms with E-state index in [0.717, 1.165) is 16.6 Å². The number of nitrogens with one attached hydrogen (secondary N) is 1.